The third-order valence-corrected chi connectivity index (χ3v) is 7.01. The van der Waals surface area contributed by atoms with Crippen molar-refractivity contribution in [3.63, 3.8) is 0 Å². The van der Waals surface area contributed by atoms with Crippen molar-refractivity contribution in [3.8, 4) is 0 Å². The van der Waals surface area contributed by atoms with E-state index in [1.807, 2.05) is 0 Å². The molecule has 1 saturated heterocycles. The van der Waals surface area contributed by atoms with Crippen LogP contribution in [-0.2, 0) is 16.4 Å². The summed E-state index contributed by atoms with van der Waals surface area (Å²) >= 11 is 0. The minimum Gasteiger partial charge on any atom is -0.308 e. The fourth-order valence-electron chi connectivity index (χ4n) is 3.70. The third-order valence-electron chi connectivity index (χ3n) is 5.12. The van der Waals surface area contributed by atoms with E-state index in [2.05, 4.69) is 4.98 Å². The number of anilines is 1. The first kappa shape index (κ1) is 18.1. The zero-order valence-electron chi connectivity index (χ0n) is 14.8. The highest BCUT2D eigenvalue weighted by Gasteiger charge is 2.30. The van der Waals surface area contributed by atoms with Crippen LogP contribution in [0.1, 0.15) is 35.2 Å². The summed E-state index contributed by atoms with van der Waals surface area (Å²) in [6, 6.07) is 7.48. The van der Waals surface area contributed by atoms with Gasteiger partial charge >= 0.3 is 0 Å². The van der Waals surface area contributed by atoms with Gasteiger partial charge in [-0.15, -0.1) is 0 Å². The van der Waals surface area contributed by atoms with E-state index in [0.717, 1.165) is 30.9 Å². The lowest BCUT2D eigenvalue weighted by Gasteiger charge is -2.26. The Morgan fingerprint density at radius 3 is 2.56 bits per heavy atom. The van der Waals surface area contributed by atoms with E-state index in [0.29, 0.717) is 31.7 Å². The van der Waals surface area contributed by atoms with Crippen LogP contribution in [0.4, 0.5) is 10.1 Å². The molecular weight excluding hydrogens is 369 g/mol. The molecule has 2 aromatic rings. The quantitative estimate of drug-likeness (QED) is 0.757. The van der Waals surface area contributed by atoms with Crippen LogP contribution in [-0.4, -0.2) is 43.2 Å². The van der Waals surface area contributed by atoms with Crippen LogP contribution in [0.25, 0.3) is 0 Å². The topological polar surface area (TPSA) is 70.6 Å². The molecule has 0 saturated carbocycles. The van der Waals surface area contributed by atoms with Gasteiger partial charge in [0, 0.05) is 43.1 Å². The lowest BCUT2D eigenvalue weighted by molar-refractivity contribution is 0.0988. The second kappa shape index (κ2) is 7.01. The summed E-state index contributed by atoms with van der Waals surface area (Å²) in [6.45, 7) is 1.54. The fourth-order valence-corrected chi connectivity index (χ4v) is 5.26. The summed E-state index contributed by atoms with van der Waals surface area (Å²) in [5, 5.41) is 0. The van der Waals surface area contributed by atoms with E-state index < -0.39 is 16.0 Å². The molecule has 1 aromatic carbocycles. The molecule has 0 bridgehead atoms. The first-order valence-corrected chi connectivity index (χ1v) is 10.5. The van der Waals surface area contributed by atoms with E-state index in [9.17, 15) is 17.6 Å². The molecule has 0 aliphatic carbocycles. The number of benzene rings is 1. The normalized spacial score (nSPS) is 17.7. The maximum atomic E-state index is 13.3. The van der Waals surface area contributed by atoms with Crippen molar-refractivity contribution in [3.05, 3.63) is 53.6 Å². The standard InChI is InChI=1S/C19H20FN3O3S/c20-18-13-15(6-8-21-18)19(24)23-11-7-14-12-16(4-5-17(14)23)27(25,26)22-9-2-1-3-10-22/h4-6,8,12-13H,1-3,7,9-11H2. The number of pyridine rings is 1. The number of amides is 1. The minimum atomic E-state index is -3.51. The van der Waals surface area contributed by atoms with Gasteiger partial charge < -0.3 is 4.90 Å². The molecule has 8 heteroatoms. The molecule has 4 rings (SSSR count). The van der Waals surface area contributed by atoms with E-state index in [1.54, 1.807) is 23.1 Å². The maximum Gasteiger partial charge on any atom is 0.258 e. The van der Waals surface area contributed by atoms with Crippen molar-refractivity contribution in [1.82, 2.24) is 9.29 Å². The zero-order chi connectivity index (χ0) is 19.0. The first-order valence-electron chi connectivity index (χ1n) is 9.03. The number of halogens is 1. The van der Waals surface area contributed by atoms with Crippen molar-refractivity contribution in [1.29, 1.82) is 0 Å². The molecule has 3 heterocycles. The van der Waals surface area contributed by atoms with Gasteiger partial charge in [-0.1, -0.05) is 6.42 Å². The van der Waals surface area contributed by atoms with Crippen LogP contribution in [0.2, 0.25) is 0 Å². The van der Waals surface area contributed by atoms with Crippen molar-refractivity contribution in [2.45, 2.75) is 30.6 Å². The van der Waals surface area contributed by atoms with Crippen molar-refractivity contribution in [2.75, 3.05) is 24.5 Å². The average molecular weight is 389 g/mol. The van der Waals surface area contributed by atoms with Crippen LogP contribution in [0.5, 0.6) is 0 Å². The predicted molar refractivity (Wildman–Crippen MR) is 98.6 cm³/mol. The predicted octanol–water partition coefficient (Wildman–Crippen LogP) is 2.60. The van der Waals surface area contributed by atoms with Gasteiger partial charge in [-0.05, 0) is 49.1 Å². The molecule has 0 unspecified atom stereocenters. The van der Waals surface area contributed by atoms with Gasteiger partial charge in [0.25, 0.3) is 5.91 Å². The Hall–Kier alpha value is -2.32. The van der Waals surface area contributed by atoms with Gasteiger partial charge in [-0.3, -0.25) is 4.79 Å². The first-order chi connectivity index (χ1) is 13.0. The second-order valence-electron chi connectivity index (χ2n) is 6.83. The number of hydrogen-bond acceptors (Lipinski definition) is 4. The molecule has 2 aliphatic rings. The Kier molecular flexibility index (Phi) is 4.69. The lowest BCUT2D eigenvalue weighted by atomic mass is 10.1. The number of nitrogens with zero attached hydrogens (tertiary/aromatic N) is 3. The second-order valence-corrected chi connectivity index (χ2v) is 8.77. The maximum absolute atomic E-state index is 13.3. The molecule has 2 aliphatic heterocycles. The van der Waals surface area contributed by atoms with Gasteiger partial charge in [0.05, 0.1) is 4.90 Å². The number of rotatable bonds is 3. The highest BCUT2D eigenvalue weighted by Crippen LogP contribution is 2.32. The van der Waals surface area contributed by atoms with Crippen molar-refractivity contribution < 1.29 is 17.6 Å². The number of hydrogen-bond donors (Lipinski definition) is 0. The highest BCUT2D eigenvalue weighted by atomic mass is 32.2. The number of sulfonamides is 1. The SMILES string of the molecule is O=C(c1ccnc(F)c1)N1CCc2cc(S(=O)(=O)N3CCCCC3)ccc21. The van der Waals surface area contributed by atoms with E-state index in [-0.39, 0.29) is 16.4 Å². The highest BCUT2D eigenvalue weighted by molar-refractivity contribution is 7.89. The van der Waals surface area contributed by atoms with Crippen LogP contribution in [0.3, 0.4) is 0 Å². The van der Waals surface area contributed by atoms with Gasteiger partial charge in [-0.2, -0.15) is 8.70 Å². The number of piperidine rings is 1. The third kappa shape index (κ3) is 3.35. The van der Waals surface area contributed by atoms with Crippen molar-refractivity contribution in [2.24, 2.45) is 0 Å². The summed E-state index contributed by atoms with van der Waals surface area (Å²) in [6.07, 6.45) is 4.65. The largest absolute Gasteiger partial charge is 0.308 e. The van der Waals surface area contributed by atoms with Gasteiger partial charge in [0.15, 0.2) is 0 Å². The molecule has 142 valence electrons. The van der Waals surface area contributed by atoms with Gasteiger partial charge in [0.2, 0.25) is 16.0 Å². The van der Waals surface area contributed by atoms with Crippen LogP contribution >= 0.6 is 0 Å². The molecule has 27 heavy (non-hydrogen) atoms. The van der Waals surface area contributed by atoms with Crippen LogP contribution in [0.15, 0.2) is 41.4 Å². The minimum absolute atomic E-state index is 0.223. The van der Waals surface area contributed by atoms with Crippen LogP contribution < -0.4 is 4.90 Å². The smallest absolute Gasteiger partial charge is 0.258 e. The summed E-state index contributed by atoms with van der Waals surface area (Å²) in [5.74, 6) is -1.02. The molecule has 0 N–H and O–H groups in total. The van der Waals surface area contributed by atoms with Gasteiger partial charge in [-0.25, -0.2) is 13.4 Å². The molecule has 1 fully saturated rings. The number of aromatic nitrogens is 1. The number of carbonyl (C=O) groups is 1. The Balaban J connectivity index is 1.62. The molecule has 1 amide bonds. The molecule has 6 nitrogen and oxygen atoms in total. The van der Waals surface area contributed by atoms with E-state index in [1.165, 1.54) is 16.6 Å². The molecule has 1 aromatic heterocycles. The number of carbonyl (C=O) groups excluding carboxylic acids is 1. The molecule has 0 atom stereocenters. The fraction of sp³-hybridized carbons (Fsp3) is 0.368. The summed E-state index contributed by atoms with van der Waals surface area (Å²) in [7, 11) is -3.51. The summed E-state index contributed by atoms with van der Waals surface area (Å²) in [5.41, 5.74) is 1.71. The zero-order valence-corrected chi connectivity index (χ0v) is 15.6. The Morgan fingerprint density at radius 1 is 1.04 bits per heavy atom. The average Bonchev–Trinajstić information content (AvgIpc) is 3.11. The molecule has 0 radical (unpaired) electrons. The monoisotopic (exact) mass is 389 g/mol. The van der Waals surface area contributed by atoms with Crippen LogP contribution in [0, 0.1) is 5.95 Å². The summed E-state index contributed by atoms with van der Waals surface area (Å²) < 4.78 is 40.6. The molecular formula is C19H20FN3O3S. The Morgan fingerprint density at radius 2 is 1.81 bits per heavy atom. The lowest BCUT2D eigenvalue weighted by Crippen LogP contribution is -2.35. The van der Waals surface area contributed by atoms with Crippen molar-refractivity contribution >= 4 is 21.6 Å². The number of fused-ring (bicyclic) bond motifs is 1. The van der Waals surface area contributed by atoms with Gasteiger partial charge in [0.1, 0.15) is 0 Å². The summed E-state index contributed by atoms with van der Waals surface area (Å²) in [4.78, 5) is 18.0. The van der Waals surface area contributed by atoms with E-state index >= 15 is 0 Å². The Labute approximate surface area is 157 Å². The Bertz CT molecular complexity index is 987. The molecule has 0 spiro atoms. The van der Waals surface area contributed by atoms with E-state index in [4.69, 9.17) is 0 Å².